The molecular formula is C13H12F3NO3. The molecule has 1 aliphatic rings. The molecular weight excluding hydrogens is 275 g/mol. The van der Waals surface area contributed by atoms with Gasteiger partial charge in [0.2, 0.25) is 0 Å². The summed E-state index contributed by atoms with van der Waals surface area (Å²) >= 11 is 0. The molecule has 1 aromatic rings. The molecule has 1 fully saturated rings. The van der Waals surface area contributed by atoms with Crippen LogP contribution in [0, 0.1) is 22.9 Å². The van der Waals surface area contributed by atoms with E-state index in [0.717, 1.165) is 4.90 Å². The van der Waals surface area contributed by atoms with E-state index in [1.54, 1.807) is 0 Å². The fourth-order valence-corrected chi connectivity index (χ4v) is 2.21. The highest BCUT2D eigenvalue weighted by Gasteiger charge is 2.43. The van der Waals surface area contributed by atoms with Crippen molar-refractivity contribution in [2.75, 3.05) is 13.1 Å². The van der Waals surface area contributed by atoms with E-state index in [-0.39, 0.29) is 19.5 Å². The lowest BCUT2D eigenvalue weighted by Crippen LogP contribution is -2.35. The van der Waals surface area contributed by atoms with Crippen LogP contribution in [0.1, 0.15) is 23.7 Å². The second-order valence-corrected chi connectivity index (χ2v) is 5.09. The second kappa shape index (κ2) is 4.81. The third-order valence-electron chi connectivity index (χ3n) is 3.50. The molecule has 0 spiro atoms. The Morgan fingerprint density at radius 1 is 1.25 bits per heavy atom. The number of halogens is 3. The maximum absolute atomic E-state index is 13.5. The molecule has 1 amide bonds. The average molecular weight is 287 g/mol. The summed E-state index contributed by atoms with van der Waals surface area (Å²) in [5.41, 5.74) is -2.00. The van der Waals surface area contributed by atoms with Crippen molar-refractivity contribution in [1.29, 1.82) is 0 Å². The van der Waals surface area contributed by atoms with Gasteiger partial charge in [-0.2, -0.15) is 0 Å². The Hall–Kier alpha value is -2.05. The number of hydrogen-bond donors (Lipinski definition) is 1. The van der Waals surface area contributed by atoms with E-state index in [1.807, 2.05) is 0 Å². The summed E-state index contributed by atoms with van der Waals surface area (Å²) in [5, 5.41) is 9.05. The highest BCUT2D eigenvalue weighted by Crippen LogP contribution is 2.31. The molecule has 108 valence electrons. The Bertz CT molecular complexity index is 567. The number of rotatable bonds is 2. The number of likely N-dealkylation sites (tertiary alicyclic amines) is 1. The summed E-state index contributed by atoms with van der Waals surface area (Å²) in [5.74, 6) is -5.75. The summed E-state index contributed by atoms with van der Waals surface area (Å²) in [4.78, 5) is 24.2. The quantitative estimate of drug-likeness (QED) is 0.905. The van der Waals surface area contributed by atoms with Crippen LogP contribution in [0.3, 0.4) is 0 Å². The van der Waals surface area contributed by atoms with Gasteiger partial charge in [-0.15, -0.1) is 0 Å². The summed E-state index contributed by atoms with van der Waals surface area (Å²) < 4.78 is 39.8. The van der Waals surface area contributed by atoms with Crippen LogP contribution in [0.15, 0.2) is 12.1 Å². The van der Waals surface area contributed by atoms with Crippen LogP contribution in [0.2, 0.25) is 0 Å². The minimum Gasteiger partial charge on any atom is -0.481 e. The van der Waals surface area contributed by atoms with Gasteiger partial charge in [-0.05, 0) is 13.3 Å². The number of carboxylic acid groups (broad SMARTS) is 1. The largest absolute Gasteiger partial charge is 0.481 e. The first kappa shape index (κ1) is 14.4. The van der Waals surface area contributed by atoms with E-state index in [2.05, 4.69) is 0 Å². The van der Waals surface area contributed by atoms with Gasteiger partial charge in [-0.25, -0.2) is 13.2 Å². The minimum absolute atomic E-state index is 0.0812. The molecule has 0 saturated carbocycles. The van der Waals surface area contributed by atoms with Crippen molar-refractivity contribution in [2.45, 2.75) is 13.3 Å². The Balaban J connectivity index is 2.28. The van der Waals surface area contributed by atoms with Gasteiger partial charge < -0.3 is 10.0 Å². The SMILES string of the molecule is CC1(C(=O)O)CCN(C(=O)c2c(F)cc(F)cc2F)C1. The second-order valence-electron chi connectivity index (χ2n) is 5.09. The molecule has 1 aromatic carbocycles. The third kappa shape index (κ3) is 2.35. The highest BCUT2D eigenvalue weighted by molar-refractivity contribution is 5.95. The van der Waals surface area contributed by atoms with Crippen LogP contribution in [0.5, 0.6) is 0 Å². The number of amides is 1. The zero-order valence-corrected chi connectivity index (χ0v) is 10.6. The van der Waals surface area contributed by atoms with Gasteiger partial charge in [-0.1, -0.05) is 0 Å². The molecule has 1 saturated heterocycles. The molecule has 0 bridgehead atoms. The zero-order valence-electron chi connectivity index (χ0n) is 10.6. The number of aliphatic carboxylic acids is 1. The number of carboxylic acids is 1. The predicted octanol–water partition coefficient (Wildman–Crippen LogP) is 2.04. The maximum atomic E-state index is 13.5. The highest BCUT2D eigenvalue weighted by atomic mass is 19.1. The summed E-state index contributed by atoms with van der Waals surface area (Å²) in [6.45, 7) is 1.40. The predicted molar refractivity (Wildman–Crippen MR) is 62.6 cm³/mol. The van der Waals surface area contributed by atoms with Gasteiger partial charge in [0.05, 0.1) is 5.41 Å². The Labute approximate surface area is 112 Å². The van der Waals surface area contributed by atoms with Crippen molar-refractivity contribution in [3.8, 4) is 0 Å². The average Bonchev–Trinajstić information content (AvgIpc) is 2.72. The molecule has 20 heavy (non-hydrogen) atoms. The molecule has 2 rings (SSSR count). The van der Waals surface area contributed by atoms with Crippen LogP contribution in [0.4, 0.5) is 13.2 Å². The van der Waals surface area contributed by atoms with Crippen LogP contribution in [-0.4, -0.2) is 35.0 Å². The summed E-state index contributed by atoms with van der Waals surface area (Å²) in [6.07, 6.45) is 0.193. The van der Waals surface area contributed by atoms with E-state index in [0.29, 0.717) is 12.1 Å². The monoisotopic (exact) mass is 287 g/mol. The molecule has 1 heterocycles. The van der Waals surface area contributed by atoms with Gasteiger partial charge in [0.25, 0.3) is 5.91 Å². The third-order valence-corrected chi connectivity index (χ3v) is 3.50. The smallest absolute Gasteiger partial charge is 0.311 e. The van der Waals surface area contributed by atoms with E-state index in [1.165, 1.54) is 6.92 Å². The van der Waals surface area contributed by atoms with E-state index in [9.17, 15) is 22.8 Å². The van der Waals surface area contributed by atoms with Crippen LogP contribution in [-0.2, 0) is 4.79 Å². The van der Waals surface area contributed by atoms with Gasteiger partial charge in [0, 0.05) is 25.2 Å². The number of carbonyl (C=O) groups excluding carboxylic acids is 1. The lowest BCUT2D eigenvalue weighted by Gasteiger charge is -2.20. The fourth-order valence-electron chi connectivity index (χ4n) is 2.21. The zero-order chi connectivity index (χ0) is 15.1. The molecule has 7 heteroatoms. The normalized spacial score (nSPS) is 22.1. The number of hydrogen-bond acceptors (Lipinski definition) is 2. The van der Waals surface area contributed by atoms with Gasteiger partial charge >= 0.3 is 5.97 Å². The van der Waals surface area contributed by atoms with Crippen molar-refractivity contribution in [1.82, 2.24) is 4.90 Å². The molecule has 4 nitrogen and oxygen atoms in total. The summed E-state index contributed by atoms with van der Waals surface area (Å²) in [6, 6.07) is 0.839. The lowest BCUT2D eigenvalue weighted by atomic mass is 9.90. The van der Waals surface area contributed by atoms with Crippen molar-refractivity contribution in [2.24, 2.45) is 5.41 Å². The Morgan fingerprint density at radius 2 is 1.80 bits per heavy atom. The van der Waals surface area contributed by atoms with E-state index >= 15 is 0 Å². The van der Waals surface area contributed by atoms with Crippen molar-refractivity contribution < 1.29 is 27.9 Å². The van der Waals surface area contributed by atoms with E-state index < -0.39 is 40.3 Å². The fraction of sp³-hybridized carbons (Fsp3) is 0.385. The van der Waals surface area contributed by atoms with Gasteiger partial charge in [0.1, 0.15) is 23.0 Å². The molecule has 0 aromatic heterocycles. The first-order chi connectivity index (χ1) is 9.24. The first-order valence-electron chi connectivity index (χ1n) is 5.92. The molecule has 0 aliphatic carbocycles. The molecule has 1 aliphatic heterocycles. The Morgan fingerprint density at radius 3 is 2.25 bits per heavy atom. The van der Waals surface area contributed by atoms with Crippen LogP contribution in [0.25, 0.3) is 0 Å². The minimum atomic E-state index is -1.29. The standard InChI is InChI=1S/C13H12F3NO3/c1-13(12(19)20)2-3-17(6-13)11(18)10-8(15)4-7(14)5-9(10)16/h4-5H,2-3,6H2,1H3,(H,19,20). The molecule has 1 unspecified atom stereocenters. The number of benzene rings is 1. The number of carbonyl (C=O) groups is 2. The van der Waals surface area contributed by atoms with Crippen LogP contribution < -0.4 is 0 Å². The van der Waals surface area contributed by atoms with Crippen molar-refractivity contribution >= 4 is 11.9 Å². The first-order valence-corrected chi connectivity index (χ1v) is 5.92. The lowest BCUT2D eigenvalue weighted by molar-refractivity contribution is -0.147. The van der Waals surface area contributed by atoms with Gasteiger partial charge in [0.15, 0.2) is 0 Å². The van der Waals surface area contributed by atoms with Gasteiger partial charge in [-0.3, -0.25) is 9.59 Å². The molecule has 0 radical (unpaired) electrons. The maximum Gasteiger partial charge on any atom is 0.311 e. The topological polar surface area (TPSA) is 57.6 Å². The van der Waals surface area contributed by atoms with Crippen molar-refractivity contribution in [3.05, 3.63) is 35.1 Å². The van der Waals surface area contributed by atoms with Crippen LogP contribution >= 0.6 is 0 Å². The molecule has 1 atom stereocenters. The van der Waals surface area contributed by atoms with E-state index in [4.69, 9.17) is 5.11 Å². The Kier molecular flexibility index (Phi) is 3.45. The summed E-state index contributed by atoms with van der Waals surface area (Å²) in [7, 11) is 0. The van der Waals surface area contributed by atoms with Crippen molar-refractivity contribution in [3.63, 3.8) is 0 Å². The molecule has 1 N–H and O–H groups in total. The number of nitrogens with zero attached hydrogens (tertiary/aromatic N) is 1.